The van der Waals surface area contributed by atoms with Gasteiger partial charge in [0.2, 0.25) is 5.91 Å². The molecular formula is C17H25ClN2O2. The smallest absolute Gasteiger partial charge is 0.222 e. The summed E-state index contributed by atoms with van der Waals surface area (Å²) in [6.07, 6.45) is 2.65. The summed E-state index contributed by atoms with van der Waals surface area (Å²) < 4.78 is 5.70. The number of hydrogen-bond donors (Lipinski definition) is 0. The topological polar surface area (TPSA) is 32.8 Å². The molecule has 4 nitrogen and oxygen atoms in total. The average Bonchev–Trinajstić information content (AvgIpc) is 2.49. The Morgan fingerprint density at radius 3 is 2.91 bits per heavy atom. The lowest BCUT2D eigenvalue weighted by Gasteiger charge is -2.32. The first-order valence-corrected chi connectivity index (χ1v) is 8.24. The summed E-state index contributed by atoms with van der Waals surface area (Å²) in [5.74, 6) is 1.60. The molecule has 1 aliphatic heterocycles. The van der Waals surface area contributed by atoms with Crippen LogP contribution in [0.5, 0.6) is 5.75 Å². The molecule has 0 N–H and O–H groups in total. The van der Waals surface area contributed by atoms with Crippen LogP contribution in [0.2, 0.25) is 5.02 Å². The van der Waals surface area contributed by atoms with Crippen LogP contribution >= 0.6 is 11.6 Å². The summed E-state index contributed by atoms with van der Waals surface area (Å²) in [7, 11) is 4.03. The van der Waals surface area contributed by atoms with E-state index in [1.54, 1.807) is 0 Å². The second kappa shape index (κ2) is 8.39. The molecule has 2 rings (SSSR count). The van der Waals surface area contributed by atoms with Crippen molar-refractivity contribution in [1.29, 1.82) is 0 Å². The van der Waals surface area contributed by atoms with Crippen LogP contribution in [0.1, 0.15) is 19.3 Å². The van der Waals surface area contributed by atoms with Gasteiger partial charge in [-0.1, -0.05) is 23.7 Å². The van der Waals surface area contributed by atoms with Gasteiger partial charge in [-0.3, -0.25) is 4.79 Å². The largest absolute Gasteiger partial charge is 0.492 e. The molecule has 0 saturated carbocycles. The van der Waals surface area contributed by atoms with E-state index in [0.717, 1.165) is 38.2 Å². The van der Waals surface area contributed by atoms with Gasteiger partial charge in [-0.2, -0.15) is 0 Å². The van der Waals surface area contributed by atoms with Crippen LogP contribution in [0, 0.1) is 5.92 Å². The van der Waals surface area contributed by atoms with E-state index in [2.05, 4.69) is 11.9 Å². The van der Waals surface area contributed by atoms with Crippen molar-refractivity contribution in [2.24, 2.45) is 5.92 Å². The molecule has 1 heterocycles. The second-order valence-corrected chi connectivity index (χ2v) is 6.48. The van der Waals surface area contributed by atoms with Crippen LogP contribution in [-0.2, 0) is 4.79 Å². The normalized spacial score (nSPS) is 18.8. The highest BCUT2D eigenvalue weighted by Gasteiger charge is 2.23. The first-order chi connectivity index (χ1) is 10.6. The van der Waals surface area contributed by atoms with Gasteiger partial charge >= 0.3 is 0 Å². The SMILES string of the molecule is CN(CCCOc1ccccc1Cl)CC1CCC(=O)N(C)C1. The number of piperidine rings is 1. The minimum atomic E-state index is 0.270. The fourth-order valence-electron chi connectivity index (χ4n) is 2.86. The van der Waals surface area contributed by atoms with Gasteiger partial charge in [-0.25, -0.2) is 0 Å². The molecule has 1 aliphatic rings. The van der Waals surface area contributed by atoms with E-state index in [9.17, 15) is 4.79 Å². The third kappa shape index (κ3) is 5.18. The molecule has 0 spiro atoms. The van der Waals surface area contributed by atoms with Crippen LogP contribution in [-0.4, -0.2) is 56.0 Å². The third-order valence-electron chi connectivity index (χ3n) is 4.07. The molecule has 22 heavy (non-hydrogen) atoms. The molecule has 1 fully saturated rings. The first-order valence-electron chi connectivity index (χ1n) is 7.86. The molecule has 122 valence electrons. The van der Waals surface area contributed by atoms with Gasteiger partial charge in [0.1, 0.15) is 5.75 Å². The van der Waals surface area contributed by atoms with Crippen LogP contribution in [0.15, 0.2) is 24.3 Å². The molecule has 1 aromatic rings. The van der Waals surface area contributed by atoms with Gasteiger partial charge in [-0.05, 0) is 37.9 Å². The first kappa shape index (κ1) is 17.1. The maximum absolute atomic E-state index is 11.5. The molecule has 0 aromatic heterocycles. The van der Waals surface area contributed by atoms with E-state index in [0.29, 0.717) is 24.0 Å². The molecule has 1 atom stereocenters. The predicted molar refractivity (Wildman–Crippen MR) is 89.4 cm³/mol. The number of carbonyl (C=O) groups is 1. The Labute approximate surface area is 138 Å². The second-order valence-electron chi connectivity index (χ2n) is 6.07. The Kier molecular flexibility index (Phi) is 6.52. The summed E-state index contributed by atoms with van der Waals surface area (Å²) in [5.41, 5.74) is 0. The fourth-order valence-corrected chi connectivity index (χ4v) is 3.05. The van der Waals surface area contributed by atoms with Crippen molar-refractivity contribution >= 4 is 17.5 Å². The maximum atomic E-state index is 11.5. The zero-order valence-electron chi connectivity index (χ0n) is 13.4. The van der Waals surface area contributed by atoms with Gasteiger partial charge in [0.05, 0.1) is 11.6 Å². The van der Waals surface area contributed by atoms with Crippen LogP contribution < -0.4 is 4.74 Å². The molecule has 1 unspecified atom stereocenters. The Bertz CT molecular complexity index is 495. The summed E-state index contributed by atoms with van der Waals surface area (Å²) in [6, 6.07) is 7.55. The molecule has 0 radical (unpaired) electrons. The molecule has 1 saturated heterocycles. The summed E-state index contributed by atoms with van der Waals surface area (Å²) in [6.45, 7) is 3.55. The number of hydrogen-bond acceptors (Lipinski definition) is 3. The van der Waals surface area contributed by atoms with Crippen molar-refractivity contribution in [1.82, 2.24) is 9.80 Å². The molecule has 0 bridgehead atoms. The van der Waals surface area contributed by atoms with Crippen molar-refractivity contribution in [3.8, 4) is 5.75 Å². The van der Waals surface area contributed by atoms with Gasteiger partial charge < -0.3 is 14.5 Å². The Balaban J connectivity index is 1.63. The molecule has 1 amide bonds. The Morgan fingerprint density at radius 2 is 2.18 bits per heavy atom. The van der Waals surface area contributed by atoms with E-state index < -0.39 is 0 Å². The van der Waals surface area contributed by atoms with Crippen molar-refractivity contribution < 1.29 is 9.53 Å². The zero-order chi connectivity index (χ0) is 15.9. The molecule has 5 heteroatoms. The standard InChI is InChI=1S/C17H25ClN2O2/c1-19(12-14-8-9-17(21)20(2)13-14)10-5-11-22-16-7-4-3-6-15(16)18/h3-4,6-7,14H,5,8-13H2,1-2H3. The number of ether oxygens (including phenoxy) is 1. The van der Waals surface area contributed by atoms with Crippen molar-refractivity contribution in [3.05, 3.63) is 29.3 Å². The number of benzene rings is 1. The van der Waals surface area contributed by atoms with Crippen molar-refractivity contribution in [3.63, 3.8) is 0 Å². The number of likely N-dealkylation sites (tertiary alicyclic amines) is 1. The third-order valence-corrected chi connectivity index (χ3v) is 4.38. The number of para-hydroxylation sites is 1. The Morgan fingerprint density at radius 1 is 1.41 bits per heavy atom. The molecule has 0 aliphatic carbocycles. The lowest BCUT2D eigenvalue weighted by atomic mass is 9.97. The number of carbonyl (C=O) groups excluding carboxylic acids is 1. The highest BCUT2D eigenvalue weighted by atomic mass is 35.5. The molecule has 1 aromatic carbocycles. The summed E-state index contributed by atoms with van der Waals surface area (Å²) in [4.78, 5) is 15.7. The quantitative estimate of drug-likeness (QED) is 0.723. The van der Waals surface area contributed by atoms with Gasteiger partial charge in [0.15, 0.2) is 0 Å². The average molecular weight is 325 g/mol. The highest BCUT2D eigenvalue weighted by molar-refractivity contribution is 6.32. The lowest BCUT2D eigenvalue weighted by Crippen LogP contribution is -2.41. The molecular weight excluding hydrogens is 300 g/mol. The van der Waals surface area contributed by atoms with E-state index in [-0.39, 0.29) is 5.91 Å². The van der Waals surface area contributed by atoms with Crippen molar-refractivity contribution in [2.45, 2.75) is 19.3 Å². The van der Waals surface area contributed by atoms with Crippen LogP contribution in [0.4, 0.5) is 0 Å². The van der Waals surface area contributed by atoms with Gasteiger partial charge in [0.25, 0.3) is 0 Å². The van der Waals surface area contributed by atoms with Gasteiger partial charge in [-0.15, -0.1) is 0 Å². The predicted octanol–water partition coefficient (Wildman–Crippen LogP) is 2.91. The maximum Gasteiger partial charge on any atom is 0.222 e. The van der Waals surface area contributed by atoms with E-state index in [1.165, 1.54) is 0 Å². The van der Waals surface area contributed by atoms with E-state index >= 15 is 0 Å². The summed E-state index contributed by atoms with van der Waals surface area (Å²) in [5, 5.41) is 0.658. The fraction of sp³-hybridized carbons (Fsp3) is 0.588. The number of halogens is 1. The zero-order valence-corrected chi connectivity index (χ0v) is 14.2. The lowest BCUT2D eigenvalue weighted by molar-refractivity contribution is -0.133. The van der Waals surface area contributed by atoms with Gasteiger partial charge in [0, 0.05) is 33.1 Å². The number of nitrogens with zero attached hydrogens (tertiary/aromatic N) is 2. The Hall–Kier alpha value is -1.26. The minimum absolute atomic E-state index is 0.270. The number of rotatable bonds is 7. The van der Waals surface area contributed by atoms with Crippen LogP contribution in [0.3, 0.4) is 0 Å². The minimum Gasteiger partial charge on any atom is -0.492 e. The highest BCUT2D eigenvalue weighted by Crippen LogP contribution is 2.23. The van der Waals surface area contributed by atoms with Crippen LogP contribution in [0.25, 0.3) is 0 Å². The monoisotopic (exact) mass is 324 g/mol. The summed E-state index contributed by atoms with van der Waals surface area (Å²) >= 11 is 6.05. The van der Waals surface area contributed by atoms with E-state index in [4.69, 9.17) is 16.3 Å². The number of amides is 1. The van der Waals surface area contributed by atoms with Crippen molar-refractivity contribution in [2.75, 3.05) is 40.3 Å². The van der Waals surface area contributed by atoms with E-state index in [1.807, 2.05) is 36.2 Å².